The number of aromatic nitrogens is 2. The number of esters is 1. The summed E-state index contributed by atoms with van der Waals surface area (Å²) in [6.45, 7) is 2.17. The van der Waals surface area contributed by atoms with Crippen molar-refractivity contribution >= 4 is 22.9 Å². The Morgan fingerprint density at radius 3 is 2.88 bits per heavy atom. The zero-order chi connectivity index (χ0) is 16.8. The molecule has 0 spiro atoms. The van der Waals surface area contributed by atoms with E-state index in [1.807, 2.05) is 42.6 Å². The Hall–Kier alpha value is -3.14. The summed E-state index contributed by atoms with van der Waals surface area (Å²) in [7, 11) is 0. The number of ether oxygens (including phenoxy) is 1. The quantitative estimate of drug-likeness (QED) is 0.403. The van der Waals surface area contributed by atoms with Crippen LogP contribution in [0.5, 0.6) is 0 Å². The fourth-order valence-corrected chi connectivity index (χ4v) is 2.53. The predicted octanol–water partition coefficient (Wildman–Crippen LogP) is 4.16. The number of pyridine rings is 1. The van der Waals surface area contributed by atoms with Crippen molar-refractivity contribution in [3.63, 3.8) is 0 Å². The molecule has 3 rings (SSSR count). The lowest BCUT2D eigenvalue weighted by Crippen LogP contribution is -1.98. The van der Waals surface area contributed by atoms with Gasteiger partial charge in [-0.1, -0.05) is 36.4 Å². The van der Waals surface area contributed by atoms with Gasteiger partial charge in [0.2, 0.25) is 0 Å². The summed E-state index contributed by atoms with van der Waals surface area (Å²) in [5, 5.41) is 1.14. The molecule has 0 atom stereocenters. The van der Waals surface area contributed by atoms with E-state index in [-0.39, 0.29) is 5.97 Å². The lowest BCUT2D eigenvalue weighted by atomic mass is 10.1. The second kappa shape index (κ2) is 7.42. The molecule has 0 aliphatic heterocycles. The van der Waals surface area contributed by atoms with Gasteiger partial charge in [0.05, 0.1) is 24.0 Å². The highest BCUT2D eigenvalue weighted by molar-refractivity contribution is 5.91. The summed E-state index contributed by atoms with van der Waals surface area (Å²) in [6, 6.07) is 12.1. The van der Waals surface area contributed by atoms with E-state index in [0.717, 1.165) is 22.2 Å². The molecule has 0 amide bonds. The van der Waals surface area contributed by atoms with Gasteiger partial charge in [-0.2, -0.15) is 0 Å². The van der Waals surface area contributed by atoms with Crippen LogP contribution in [0, 0.1) is 0 Å². The number of carbonyl (C=O) groups excluding carboxylic acids is 1. The molecule has 0 saturated heterocycles. The fourth-order valence-electron chi connectivity index (χ4n) is 2.53. The van der Waals surface area contributed by atoms with Gasteiger partial charge in [-0.05, 0) is 25.1 Å². The molecule has 3 aromatic rings. The first-order valence-electron chi connectivity index (χ1n) is 7.81. The number of allylic oxidation sites excluding steroid dienone is 2. The number of benzene rings is 1. The van der Waals surface area contributed by atoms with Crippen molar-refractivity contribution in [2.75, 3.05) is 6.61 Å². The van der Waals surface area contributed by atoms with E-state index in [9.17, 15) is 4.79 Å². The van der Waals surface area contributed by atoms with Crippen molar-refractivity contribution in [2.45, 2.75) is 6.92 Å². The molecule has 0 aliphatic rings. The Labute approximate surface area is 140 Å². The van der Waals surface area contributed by atoms with Gasteiger partial charge < -0.3 is 9.30 Å². The maximum Gasteiger partial charge on any atom is 0.330 e. The van der Waals surface area contributed by atoms with Crippen molar-refractivity contribution in [1.29, 1.82) is 0 Å². The Bertz CT molecular complexity index is 892. The van der Waals surface area contributed by atoms with Crippen LogP contribution in [-0.2, 0) is 9.53 Å². The number of fused-ring (bicyclic) bond motifs is 1. The molecule has 0 aliphatic carbocycles. The van der Waals surface area contributed by atoms with Crippen LogP contribution in [0.25, 0.3) is 22.7 Å². The van der Waals surface area contributed by atoms with Gasteiger partial charge in [0.25, 0.3) is 0 Å². The molecular formula is C20H18N2O2. The SMILES string of the molecule is CCOC(=O)/C=C/C=C/c1cn(-c2cccnc2)c2ccccc12. The first-order chi connectivity index (χ1) is 11.8. The summed E-state index contributed by atoms with van der Waals surface area (Å²) in [6.07, 6.45) is 12.6. The zero-order valence-electron chi connectivity index (χ0n) is 13.4. The van der Waals surface area contributed by atoms with Gasteiger partial charge in [0.15, 0.2) is 0 Å². The average Bonchev–Trinajstić information content (AvgIpc) is 2.99. The molecule has 0 bridgehead atoms. The minimum absolute atomic E-state index is 0.333. The van der Waals surface area contributed by atoms with Crippen molar-refractivity contribution in [2.24, 2.45) is 0 Å². The van der Waals surface area contributed by atoms with Crippen LogP contribution >= 0.6 is 0 Å². The van der Waals surface area contributed by atoms with Crippen molar-refractivity contribution in [3.8, 4) is 5.69 Å². The molecule has 0 fully saturated rings. The van der Waals surface area contributed by atoms with E-state index < -0.39 is 0 Å². The molecule has 4 nitrogen and oxygen atoms in total. The molecule has 0 N–H and O–H groups in total. The summed E-state index contributed by atoms with van der Waals surface area (Å²) >= 11 is 0. The molecule has 0 radical (unpaired) electrons. The average molecular weight is 318 g/mol. The van der Waals surface area contributed by atoms with Crippen LogP contribution < -0.4 is 0 Å². The second-order valence-corrected chi connectivity index (χ2v) is 5.15. The summed E-state index contributed by atoms with van der Waals surface area (Å²) in [4.78, 5) is 15.5. The molecule has 2 heterocycles. The van der Waals surface area contributed by atoms with Crippen molar-refractivity contribution < 1.29 is 9.53 Å². The summed E-state index contributed by atoms with van der Waals surface area (Å²) in [5.41, 5.74) is 3.19. The summed E-state index contributed by atoms with van der Waals surface area (Å²) < 4.78 is 6.96. The highest BCUT2D eigenvalue weighted by Gasteiger charge is 2.07. The number of hydrogen-bond donors (Lipinski definition) is 0. The molecule has 0 saturated carbocycles. The highest BCUT2D eigenvalue weighted by Crippen LogP contribution is 2.25. The van der Waals surface area contributed by atoms with Crippen LogP contribution in [0.1, 0.15) is 12.5 Å². The molecule has 2 aromatic heterocycles. The predicted molar refractivity (Wildman–Crippen MR) is 95.9 cm³/mol. The van der Waals surface area contributed by atoms with E-state index in [4.69, 9.17) is 4.74 Å². The number of hydrogen-bond acceptors (Lipinski definition) is 3. The maximum absolute atomic E-state index is 11.3. The third-order valence-electron chi connectivity index (χ3n) is 3.57. The fraction of sp³-hybridized carbons (Fsp3) is 0.100. The van der Waals surface area contributed by atoms with Gasteiger partial charge in [0, 0.05) is 29.4 Å². The molecule has 120 valence electrons. The third-order valence-corrected chi connectivity index (χ3v) is 3.57. The van der Waals surface area contributed by atoms with E-state index in [0.29, 0.717) is 6.61 Å². The minimum Gasteiger partial charge on any atom is -0.463 e. The molecule has 0 unspecified atom stereocenters. The van der Waals surface area contributed by atoms with E-state index in [2.05, 4.69) is 27.9 Å². The highest BCUT2D eigenvalue weighted by atomic mass is 16.5. The largest absolute Gasteiger partial charge is 0.463 e. The number of rotatable bonds is 5. The zero-order valence-corrected chi connectivity index (χ0v) is 13.4. The molecule has 4 heteroatoms. The number of para-hydroxylation sites is 1. The van der Waals surface area contributed by atoms with Gasteiger partial charge in [-0.3, -0.25) is 4.98 Å². The standard InChI is InChI=1S/C20H18N2O2/c1-2-24-20(23)12-6-3-8-16-15-22(17-9-7-13-21-14-17)19-11-5-4-10-18(16)19/h3-15H,2H2,1H3/b8-3+,12-6+. The van der Waals surface area contributed by atoms with Gasteiger partial charge in [-0.25, -0.2) is 4.79 Å². The summed E-state index contributed by atoms with van der Waals surface area (Å²) in [5.74, 6) is -0.333. The van der Waals surface area contributed by atoms with Crippen LogP contribution in [0.15, 0.2) is 73.2 Å². The molecule has 24 heavy (non-hydrogen) atoms. The first kappa shape index (κ1) is 15.7. The van der Waals surface area contributed by atoms with Gasteiger partial charge in [0.1, 0.15) is 0 Å². The smallest absolute Gasteiger partial charge is 0.330 e. The van der Waals surface area contributed by atoms with Crippen molar-refractivity contribution in [3.05, 3.63) is 78.8 Å². The second-order valence-electron chi connectivity index (χ2n) is 5.15. The number of nitrogens with zero attached hydrogens (tertiary/aromatic N) is 2. The van der Waals surface area contributed by atoms with Crippen LogP contribution in [-0.4, -0.2) is 22.1 Å². The third kappa shape index (κ3) is 3.43. The van der Waals surface area contributed by atoms with E-state index >= 15 is 0 Å². The molecular weight excluding hydrogens is 300 g/mol. The van der Waals surface area contributed by atoms with Gasteiger partial charge in [-0.15, -0.1) is 0 Å². The van der Waals surface area contributed by atoms with Crippen LogP contribution in [0.2, 0.25) is 0 Å². The van der Waals surface area contributed by atoms with E-state index in [1.165, 1.54) is 6.08 Å². The van der Waals surface area contributed by atoms with E-state index in [1.54, 1.807) is 19.2 Å². The van der Waals surface area contributed by atoms with Crippen molar-refractivity contribution in [1.82, 2.24) is 9.55 Å². The Morgan fingerprint density at radius 1 is 1.21 bits per heavy atom. The minimum atomic E-state index is -0.333. The monoisotopic (exact) mass is 318 g/mol. The van der Waals surface area contributed by atoms with Crippen LogP contribution in [0.4, 0.5) is 0 Å². The Kier molecular flexibility index (Phi) is 4.87. The Morgan fingerprint density at radius 2 is 2.08 bits per heavy atom. The lowest BCUT2D eigenvalue weighted by molar-refractivity contribution is -0.137. The maximum atomic E-state index is 11.3. The molecule has 1 aromatic carbocycles. The first-order valence-corrected chi connectivity index (χ1v) is 7.81. The Balaban J connectivity index is 1.93. The number of carbonyl (C=O) groups is 1. The van der Waals surface area contributed by atoms with Gasteiger partial charge >= 0.3 is 5.97 Å². The lowest BCUT2D eigenvalue weighted by Gasteiger charge is -2.03. The topological polar surface area (TPSA) is 44.1 Å². The van der Waals surface area contributed by atoms with Crippen LogP contribution in [0.3, 0.4) is 0 Å². The normalized spacial score (nSPS) is 11.5.